The fourth-order valence-electron chi connectivity index (χ4n) is 2.12. The molecule has 4 nitrogen and oxygen atoms in total. The third-order valence-electron chi connectivity index (χ3n) is 2.97. The van der Waals surface area contributed by atoms with Crippen LogP contribution in [-0.2, 0) is 9.53 Å². The van der Waals surface area contributed by atoms with E-state index in [1.165, 1.54) is 7.11 Å². The number of hydrogen-bond donors (Lipinski definition) is 2. The minimum atomic E-state index is -0.650. The second-order valence-electron chi connectivity index (χ2n) is 4.18. The van der Waals surface area contributed by atoms with Gasteiger partial charge < -0.3 is 15.6 Å². The smallest absolute Gasteiger partial charge is 0.313 e. The Bertz CT molecular complexity index is 213. The maximum atomic E-state index is 11.7. The van der Waals surface area contributed by atoms with Gasteiger partial charge in [-0.25, -0.2) is 0 Å². The maximum Gasteiger partial charge on any atom is 0.313 e. The quantitative estimate of drug-likeness (QED) is 0.627. The van der Waals surface area contributed by atoms with Crippen LogP contribution in [0.2, 0.25) is 0 Å². The molecule has 0 aromatic rings. The fourth-order valence-corrected chi connectivity index (χ4v) is 2.12. The van der Waals surface area contributed by atoms with Gasteiger partial charge in [0.05, 0.1) is 18.6 Å². The third-order valence-corrected chi connectivity index (χ3v) is 2.97. The van der Waals surface area contributed by atoms with Gasteiger partial charge in [-0.1, -0.05) is 0 Å². The van der Waals surface area contributed by atoms with E-state index in [1.54, 1.807) is 6.92 Å². The van der Waals surface area contributed by atoms with Crippen molar-refractivity contribution in [2.24, 2.45) is 17.1 Å². The zero-order chi connectivity index (χ0) is 10.8. The van der Waals surface area contributed by atoms with Gasteiger partial charge in [0.25, 0.3) is 0 Å². The van der Waals surface area contributed by atoms with Crippen LogP contribution in [0.15, 0.2) is 0 Å². The average molecular weight is 201 g/mol. The average Bonchev–Trinajstić information content (AvgIpc) is 2.96. The fraction of sp³-hybridized carbons (Fsp3) is 0.900. The van der Waals surface area contributed by atoms with E-state index < -0.39 is 11.5 Å². The van der Waals surface area contributed by atoms with Gasteiger partial charge in [0.15, 0.2) is 0 Å². The van der Waals surface area contributed by atoms with Crippen molar-refractivity contribution in [2.45, 2.75) is 32.3 Å². The van der Waals surface area contributed by atoms with E-state index in [4.69, 9.17) is 10.5 Å². The minimum absolute atomic E-state index is 0.259. The molecule has 2 unspecified atom stereocenters. The molecule has 1 fully saturated rings. The van der Waals surface area contributed by atoms with Crippen LogP contribution in [0, 0.1) is 11.3 Å². The number of carbonyl (C=O) groups is 1. The SMILES string of the molecule is COC(=O)C(CN)(CC(C)O)C1CC1. The van der Waals surface area contributed by atoms with Gasteiger partial charge in [-0.3, -0.25) is 4.79 Å². The summed E-state index contributed by atoms with van der Waals surface area (Å²) < 4.78 is 4.78. The molecule has 0 saturated heterocycles. The summed E-state index contributed by atoms with van der Waals surface area (Å²) in [4.78, 5) is 11.7. The summed E-state index contributed by atoms with van der Waals surface area (Å²) in [7, 11) is 1.37. The second-order valence-corrected chi connectivity index (χ2v) is 4.18. The van der Waals surface area contributed by atoms with Crippen molar-refractivity contribution in [3.05, 3.63) is 0 Å². The first-order chi connectivity index (χ1) is 6.56. The molecule has 0 amide bonds. The highest BCUT2D eigenvalue weighted by Gasteiger charge is 2.51. The molecule has 1 saturated carbocycles. The number of aliphatic hydroxyl groups excluding tert-OH is 1. The molecule has 0 radical (unpaired) electrons. The molecular formula is C10H19NO3. The van der Waals surface area contributed by atoms with Gasteiger partial charge >= 0.3 is 5.97 Å². The van der Waals surface area contributed by atoms with Crippen LogP contribution in [0.25, 0.3) is 0 Å². The van der Waals surface area contributed by atoms with Crippen LogP contribution in [0.4, 0.5) is 0 Å². The Kier molecular flexibility index (Phi) is 3.50. The summed E-state index contributed by atoms with van der Waals surface area (Å²) in [5, 5.41) is 9.38. The monoisotopic (exact) mass is 201 g/mol. The van der Waals surface area contributed by atoms with E-state index in [1.807, 2.05) is 0 Å². The number of rotatable bonds is 5. The predicted molar refractivity (Wildman–Crippen MR) is 52.5 cm³/mol. The van der Waals surface area contributed by atoms with Crippen LogP contribution in [0.1, 0.15) is 26.2 Å². The topological polar surface area (TPSA) is 72.5 Å². The van der Waals surface area contributed by atoms with Crippen molar-refractivity contribution >= 4 is 5.97 Å². The largest absolute Gasteiger partial charge is 0.469 e. The van der Waals surface area contributed by atoms with Gasteiger partial charge in [0.2, 0.25) is 0 Å². The van der Waals surface area contributed by atoms with E-state index in [-0.39, 0.29) is 12.5 Å². The van der Waals surface area contributed by atoms with Crippen molar-refractivity contribution in [2.75, 3.05) is 13.7 Å². The van der Waals surface area contributed by atoms with Gasteiger partial charge in [0, 0.05) is 6.54 Å². The number of methoxy groups -OCH3 is 1. The first-order valence-corrected chi connectivity index (χ1v) is 5.03. The van der Waals surface area contributed by atoms with E-state index in [2.05, 4.69) is 0 Å². The zero-order valence-corrected chi connectivity index (χ0v) is 8.82. The molecule has 82 valence electrons. The first-order valence-electron chi connectivity index (χ1n) is 5.03. The van der Waals surface area contributed by atoms with Crippen molar-refractivity contribution in [1.29, 1.82) is 0 Å². The Morgan fingerprint density at radius 3 is 2.57 bits per heavy atom. The highest BCUT2D eigenvalue weighted by atomic mass is 16.5. The number of hydrogen-bond acceptors (Lipinski definition) is 4. The molecule has 3 N–H and O–H groups in total. The lowest BCUT2D eigenvalue weighted by molar-refractivity contribution is -0.155. The van der Waals surface area contributed by atoms with Crippen LogP contribution >= 0.6 is 0 Å². The number of esters is 1. The molecule has 0 aromatic carbocycles. The number of nitrogens with two attached hydrogens (primary N) is 1. The number of ether oxygens (including phenoxy) is 1. The predicted octanol–water partition coefficient (Wildman–Crippen LogP) is 0.285. The molecule has 2 atom stereocenters. The normalized spacial score (nSPS) is 22.6. The lowest BCUT2D eigenvalue weighted by atomic mass is 9.78. The lowest BCUT2D eigenvalue weighted by Crippen LogP contribution is -2.43. The summed E-state index contributed by atoms with van der Waals surface area (Å²) in [6.45, 7) is 1.94. The van der Waals surface area contributed by atoms with E-state index >= 15 is 0 Å². The summed E-state index contributed by atoms with van der Waals surface area (Å²) in [6.07, 6.45) is 1.91. The molecule has 4 heteroatoms. The van der Waals surface area contributed by atoms with Gasteiger partial charge in [-0.2, -0.15) is 0 Å². The highest BCUT2D eigenvalue weighted by Crippen LogP contribution is 2.48. The zero-order valence-electron chi connectivity index (χ0n) is 8.82. The van der Waals surface area contributed by atoms with E-state index in [9.17, 15) is 9.90 Å². The number of carbonyl (C=O) groups excluding carboxylic acids is 1. The molecule has 1 rings (SSSR count). The van der Waals surface area contributed by atoms with Crippen LogP contribution in [-0.4, -0.2) is 30.8 Å². The summed E-state index contributed by atoms with van der Waals surface area (Å²) >= 11 is 0. The van der Waals surface area contributed by atoms with Crippen molar-refractivity contribution in [3.8, 4) is 0 Å². The number of aliphatic hydroxyl groups is 1. The molecule has 1 aliphatic carbocycles. The Morgan fingerprint density at radius 2 is 2.29 bits per heavy atom. The van der Waals surface area contributed by atoms with Gasteiger partial charge in [-0.15, -0.1) is 0 Å². The van der Waals surface area contributed by atoms with Crippen molar-refractivity contribution in [1.82, 2.24) is 0 Å². The summed E-state index contributed by atoms with van der Waals surface area (Å²) in [6, 6.07) is 0. The molecular weight excluding hydrogens is 182 g/mol. The Hall–Kier alpha value is -0.610. The highest BCUT2D eigenvalue weighted by molar-refractivity contribution is 5.78. The molecule has 0 aliphatic heterocycles. The first kappa shape index (κ1) is 11.5. The van der Waals surface area contributed by atoms with Gasteiger partial charge in [0.1, 0.15) is 0 Å². The van der Waals surface area contributed by atoms with Crippen molar-refractivity contribution < 1.29 is 14.6 Å². The Morgan fingerprint density at radius 1 is 1.71 bits per heavy atom. The maximum absolute atomic E-state index is 11.7. The molecule has 0 spiro atoms. The molecule has 0 bridgehead atoms. The summed E-state index contributed by atoms with van der Waals surface area (Å²) in [5.74, 6) is 0.0259. The Balaban J connectivity index is 2.79. The molecule has 14 heavy (non-hydrogen) atoms. The molecule has 1 aliphatic rings. The van der Waals surface area contributed by atoms with Crippen molar-refractivity contribution in [3.63, 3.8) is 0 Å². The Labute approximate surface area is 84.4 Å². The van der Waals surface area contributed by atoms with Crippen LogP contribution in [0.3, 0.4) is 0 Å². The van der Waals surface area contributed by atoms with Gasteiger partial charge in [-0.05, 0) is 32.1 Å². The second kappa shape index (κ2) is 4.28. The lowest BCUT2D eigenvalue weighted by Gasteiger charge is -2.30. The third kappa shape index (κ3) is 2.07. The minimum Gasteiger partial charge on any atom is -0.469 e. The molecule has 0 heterocycles. The molecule has 0 aromatic heterocycles. The standard InChI is InChI=1S/C10H19NO3/c1-7(12)5-10(6-11,8-3-4-8)9(13)14-2/h7-8,12H,3-6,11H2,1-2H3. The van der Waals surface area contributed by atoms with E-state index in [0.717, 1.165) is 12.8 Å². The van der Waals surface area contributed by atoms with E-state index in [0.29, 0.717) is 12.3 Å². The van der Waals surface area contributed by atoms with Crippen LogP contribution < -0.4 is 5.73 Å². The summed E-state index contributed by atoms with van der Waals surface area (Å²) in [5.41, 5.74) is 5.01. The van der Waals surface area contributed by atoms with Crippen LogP contribution in [0.5, 0.6) is 0 Å².